The molecule has 0 spiro atoms. The highest BCUT2D eigenvalue weighted by Gasteiger charge is 2.21. The lowest BCUT2D eigenvalue weighted by molar-refractivity contribution is 0.666. The predicted octanol–water partition coefficient (Wildman–Crippen LogP) is 18.2. The normalized spacial score (nSPS) is 12.0. The Morgan fingerprint density at radius 1 is 0.284 bits per heavy atom. The number of nitrogens with zero attached hydrogens (tertiary/aromatic N) is 1. The van der Waals surface area contributed by atoms with Crippen LogP contribution >= 0.6 is 0 Å². The van der Waals surface area contributed by atoms with Crippen molar-refractivity contribution < 1.29 is 8.83 Å². The highest BCUT2D eigenvalue weighted by atomic mass is 16.3. The minimum absolute atomic E-state index is 0.912. The Hall–Kier alpha value is -8.66. The summed E-state index contributed by atoms with van der Waals surface area (Å²) in [5.41, 5.74) is 18.7. The van der Waals surface area contributed by atoms with Crippen LogP contribution in [0, 0.1) is 13.8 Å². The molecule has 0 aliphatic carbocycles. The Labute approximate surface area is 386 Å². The molecule has 0 bridgehead atoms. The predicted molar refractivity (Wildman–Crippen MR) is 282 cm³/mol. The number of hydrogen-bond acceptors (Lipinski definition) is 2. The Morgan fingerprint density at radius 3 is 1.12 bits per heavy atom. The van der Waals surface area contributed by atoms with Crippen molar-refractivity contribution in [2.75, 3.05) is 0 Å². The van der Waals surface area contributed by atoms with Gasteiger partial charge in [-0.05, 0) is 116 Å². The smallest absolute Gasteiger partial charge is 0.143 e. The molecule has 0 unspecified atom stereocenters. The summed E-state index contributed by atoms with van der Waals surface area (Å²) < 4.78 is 15.8. The lowest BCUT2D eigenvalue weighted by atomic mass is 9.86. The Kier molecular flexibility index (Phi) is 8.11. The van der Waals surface area contributed by atoms with E-state index < -0.39 is 0 Å². The molecule has 0 saturated heterocycles. The van der Waals surface area contributed by atoms with Gasteiger partial charge in [0.2, 0.25) is 0 Å². The van der Waals surface area contributed by atoms with Crippen LogP contribution in [-0.4, -0.2) is 4.57 Å². The molecule has 3 nitrogen and oxygen atoms in total. The van der Waals surface area contributed by atoms with Crippen molar-refractivity contribution in [3.8, 4) is 50.2 Å². The van der Waals surface area contributed by atoms with Crippen LogP contribution in [0.5, 0.6) is 0 Å². The van der Waals surface area contributed by atoms with Gasteiger partial charge in [0, 0.05) is 49.1 Å². The molecule has 11 aromatic carbocycles. The third kappa shape index (κ3) is 5.58. The molecule has 314 valence electrons. The van der Waals surface area contributed by atoms with E-state index >= 15 is 0 Å². The molecule has 0 aliphatic heterocycles. The van der Waals surface area contributed by atoms with E-state index in [1.807, 2.05) is 0 Å². The fourth-order valence-corrected chi connectivity index (χ4v) is 11.1. The topological polar surface area (TPSA) is 31.2 Å². The molecule has 3 heteroatoms. The van der Waals surface area contributed by atoms with Gasteiger partial charge in [0.1, 0.15) is 22.3 Å². The summed E-state index contributed by atoms with van der Waals surface area (Å²) in [7, 11) is 0. The van der Waals surface area contributed by atoms with Crippen molar-refractivity contribution in [1.82, 2.24) is 4.57 Å². The van der Waals surface area contributed by atoms with Crippen LogP contribution in [-0.2, 0) is 0 Å². The van der Waals surface area contributed by atoms with Gasteiger partial charge in [0.15, 0.2) is 0 Å². The van der Waals surface area contributed by atoms with Gasteiger partial charge in [0.25, 0.3) is 0 Å². The lowest BCUT2D eigenvalue weighted by Crippen LogP contribution is -1.95. The van der Waals surface area contributed by atoms with Gasteiger partial charge in [0.05, 0.1) is 11.0 Å². The zero-order valence-corrected chi connectivity index (χ0v) is 37.0. The van der Waals surface area contributed by atoms with Crippen LogP contribution in [0.25, 0.3) is 137 Å². The van der Waals surface area contributed by atoms with Crippen LogP contribution in [0.4, 0.5) is 0 Å². The lowest BCUT2D eigenvalue weighted by Gasteiger charge is -2.18. The summed E-state index contributed by atoms with van der Waals surface area (Å²) in [5, 5.41) is 11.9. The van der Waals surface area contributed by atoms with E-state index in [0.717, 1.165) is 94.0 Å². The fourth-order valence-electron chi connectivity index (χ4n) is 11.1. The molecule has 0 N–H and O–H groups in total. The van der Waals surface area contributed by atoms with E-state index in [2.05, 4.69) is 231 Å². The molecule has 0 atom stereocenters. The van der Waals surface area contributed by atoms with Crippen LogP contribution < -0.4 is 0 Å². The Morgan fingerprint density at radius 2 is 0.657 bits per heavy atom. The van der Waals surface area contributed by atoms with Crippen molar-refractivity contribution in [3.63, 3.8) is 0 Å². The second-order valence-electron chi connectivity index (χ2n) is 18.0. The Balaban J connectivity index is 0.981. The van der Waals surface area contributed by atoms with Crippen molar-refractivity contribution >= 4 is 87.2 Å². The zero-order chi connectivity index (χ0) is 44.3. The zero-order valence-electron chi connectivity index (χ0n) is 37.0. The fraction of sp³-hybridized carbons (Fsp3) is 0.0312. The molecule has 0 radical (unpaired) electrons. The number of para-hydroxylation sites is 4. The number of aryl methyl sites for hydroxylation is 2. The number of benzene rings is 11. The summed E-state index contributed by atoms with van der Waals surface area (Å²) in [4.78, 5) is 0. The first kappa shape index (κ1) is 37.7. The van der Waals surface area contributed by atoms with E-state index in [-0.39, 0.29) is 0 Å². The second kappa shape index (κ2) is 14.4. The van der Waals surface area contributed by atoms with Crippen LogP contribution in [0.3, 0.4) is 0 Å². The maximum absolute atomic E-state index is 6.71. The minimum Gasteiger partial charge on any atom is -0.455 e. The molecular formula is C64H41NO2. The van der Waals surface area contributed by atoms with Crippen LogP contribution in [0.1, 0.15) is 11.1 Å². The van der Waals surface area contributed by atoms with Gasteiger partial charge < -0.3 is 13.4 Å². The maximum atomic E-state index is 6.71. The van der Waals surface area contributed by atoms with E-state index in [1.54, 1.807) is 0 Å². The van der Waals surface area contributed by atoms with E-state index in [0.29, 0.717) is 0 Å². The maximum Gasteiger partial charge on any atom is 0.143 e. The number of aromatic nitrogens is 1. The summed E-state index contributed by atoms with van der Waals surface area (Å²) in [5.74, 6) is 0. The van der Waals surface area contributed by atoms with E-state index in [1.165, 1.54) is 54.6 Å². The first-order valence-corrected chi connectivity index (χ1v) is 23.1. The van der Waals surface area contributed by atoms with Crippen LogP contribution in [0.15, 0.2) is 221 Å². The monoisotopic (exact) mass is 855 g/mol. The molecule has 3 aromatic heterocycles. The van der Waals surface area contributed by atoms with Gasteiger partial charge in [-0.2, -0.15) is 0 Å². The average molecular weight is 856 g/mol. The first-order valence-electron chi connectivity index (χ1n) is 23.1. The third-order valence-electron chi connectivity index (χ3n) is 14.2. The van der Waals surface area contributed by atoms with Crippen molar-refractivity contribution in [3.05, 3.63) is 223 Å². The quantitative estimate of drug-likeness (QED) is 0.162. The summed E-state index contributed by atoms with van der Waals surface area (Å²) >= 11 is 0. The van der Waals surface area contributed by atoms with E-state index in [4.69, 9.17) is 8.83 Å². The van der Waals surface area contributed by atoms with Gasteiger partial charge >= 0.3 is 0 Å². The van der Waals surface area contributed by atoms with Gasteiger partial charge in [-0.3, -0.25) is 0 Å². The Bertz CT molecular complexity index is 4100. The molecular weight excluding hydrogens is 815 g/mol. The molecule has 67 heavy (non-hydrogen) atoms. The summed E-state index contributed by atoms with van der Waals surface area (Å²) in [6, 6.07) is 77.4. The summed E-state index contributed by atoms with van der Waals surface area (Å²) in [6.45, 7) is 4.24. The average Bonchev–Trinajstić information content (AvgIpc) is 4.07. The number of hydrogen-bond donors (Lipinski definition) is 0. The van der Waals surface area contributed by atoms with E-state index in [9.17, 15) is 0 Å². The van der Waals surface area contributed by atoms with Crippen molar-refractivity contribution in [2.24, 2.45) is 0 Å². The SMILES string of the molecule is Cc1cccc2c1oc1c(-c3ccc4c(c3)c3cc(-c5cccc6c5oc5c(C)cccc56)ccc3n4-c3ccc(-c4c5ccccc5c(-c5ccccc5)c5ccccc45)cc3)cccc12. The van der Waals surface area contributed by atoms with Crippen molar-refractivity contribution in [2.45, 2.75) is 13.8 Å². The highest BCUT2D eigenvalue weighted by molar-refractivity contribution is 6.22. The van der Waals surface area contributed by atoms with Gasteiger partial charge in [-0.1, -0.05) is 176 Å². The van der Waals surface area contributed by atoms with Gasteiger partial charge in [-0.15, -0.1) is 0 Å². The number of furan rings is 2. The molecule has 14 aromatic rings. The third-order valence-corrected chi connectivity index (χ3v) is 14.2. The molecule has 3 heterocycles. The number of rotatable bonds is 5. The standard InChI is InChI=1S/C64H41NO2/c1-38-14-10-24-51-53-26-12-22-45(63(53)66-61(38)51)42-30-34-57-55(36-42)56-37-43(46-23-13-27-54-52-25-11-15-39(2)62(52)67-64(46)54)31-35-58(56)65(57)44-32-28-41(29-33-44)60-49-20-8-6-18-47(49)59(40-16-4-3-5-17-40)48-19-7-9-21-50(48)60/h3-37H,1-2H3. The number of fused-ring (bicyclic) bond motifs is 11. The minimum atomic E-state index is 0.912. The highest BCUT2D eigenvalue weighted by Crippen LogP contribution is 2.46. The van der Waals surface area contributed by atoms with Gasteiger partial charge in [-0.25, -0.2) is 0 Å². The second-order valence-corrected chi connectivity index (χ2v) is 18.0. The largest absolute Gasteiger partial charge is 0.455 e. The molecule has 0 fully saturated rings. The summed E-state index contributed by atoms with van der Waals surface area (Å²) in [6.07, 6.45) is 0. The van der Waals surface area contributed by atoms with Crippen LogP contribution in [0.2, 0.25) is 0 Å². The molecule has 0 amide bonds. The molecule has 0 aliphatic rings. The first-order chi connectivity index (χ1) is 33.1. The molecule has 14 rings (SSSR count). The molecule has 0 saturated carbocycles. The van der Waals surface area contributed by atoms with Crippen molar-refractivity contribution in [1.29, 1.82) is 0 Å².